The van der Waals surface area contributed by atoms with E-state index in [1.165, 1.54) is 31.4 Å². The van der Waals surface area contributed by atoms with Crippen molar-refractivity contribution in [2.45, 2.75) is 6.36 Å². The predicted molar refractivity (Wildman–Crippen MR) is 50.5 cm³/mol. The summed E-state index contributed by atoms with van der Waals surface area (Å²) in [5.74, 6) is 0.240. The van der Waals surface area contributed by atoms with Gasteiger partial charge in [0.1, 0.15) is 12.4 Å². The lowest BCUT2D eigenvalue weighted by Crippen LogP contribution is -2.14. The summed E-state index contributed by atoms with van der Waals surface area (Å²) in [6, 6.07) is 5.53. The van der Waals surface area contributed by atoms with E-state index in [0.717, 1.165) is 0 Å². The standard InChI is InChI=1S/C9H10FNO4/c1-14-9(10)6-15-8-4-2-3-7(5-8)11(12)13/h2-5,9H,6H2,1H3. The first-order valence-corrected chi connectivity index (χ1v) is 4.17. The van der Waals surface area contributed by atoms with E-state index in [0.29, 0.717) is 0 Å². The third-order valence-corrected chi connectivity index (χ3v) is 1.67. The molecule has 0 N–H and O–H groups in total. The molecular formula is C9H10FNO4. The van der Waals surface area contributed by atoms with E-state index in [2.05, 4.69) is 4.74 Å². The van der Waals surface area contributed by atoms with Gasteiger partial charge in [0.15, 0.2) is 0 Å². The highest BCUT2D eigenvalue weighted by Crippen LogP contribution is 2.19. The number of nitro benzene ring substituents is 1. The van der Waals surface area contributed by atoms with Gasteiger partial charge < -0.3 is 9.47 Å². The Morgan fingerprint density at radius 2 is 2.33 bits per heavy atom. The third-order valence-electron chi connectivity index (χ3n) is 1.67. The van der Waals surface area contributed by atoms with Crippen LogP contribution in [0, 0.1) is 10.1 Å². The number of nitrogens with zero attached hydrogens (tertiary/aromatic N) is 1. The highest BCUT2D eigenvalue weighted by molar-refractivity contribution is 5.37. The lowest BCUT2D eigenvalue weighted by Gasteiger charge is -2.08. The Balaban J connectivity index is 2.62. The van der Waals surface area contributed by atoms with Crippen molar-refractivity contribution < 1.29 is 18.8 Å². The molecule has 0 aliphatic carbocycles. The van der Waals surface area contributed by atoms with Crippen LogP contribution in [0.1, 0.15) is 0 Å². The summed E-state index contributed by atoms with van der Waals surface area (Å²) >= 11 is 0. The molecule has 1 atom stereocenters. The van der Waals surface area contributed by atoms with Crippen molar-refractivity contribution in [3.63, 3.8) is 0 Å². The number of non-ortho nitro benzene ring substituents is 1. The first kappa shape index (κ1) is 11.4. The number of ether oxygens (including phenoxy) is 2. The van der Waals surface area contributed by atoms with Crippen LogP contribution in [0.25, 0.3) is 0 Å². The van der Waals surface area contributed by atoms with Crippen molar-refractivity contribution in [3.8, 4) is 5.75 Å². The summed E-state index contributed by atoms with van der Waals surface area (Å²) in [5, 5.41) is 10.4. The molecule has 0 amide bonds. The van der Waals surface area contributed by atoms with Crippen LogP contribution in [-0.4, -0.2) is 25.0 Å². The Hall–Kier alpha value is -1.69. The molecule has 0 saturated heterocycles. The molecule has 1 unspecified atom stereocenters. The number of halogens is 1. The fraction of sp³-hybridized carbons (Fsp3) is 0.333. The molecule has 0 bridgehead atoms. The van der Waals surface area contributed by atoms with Crippen molar-refractivity contribution in [2.75, 3.05) is 13.7 Å². The molecule has 0 heterocycles. The van der Waals surface area contributed by atoms with Crippen molar-refractivity contribution in [3.05, 3.63) is 34.4 Å². The van der Waals surface area contributed by atoms with Gasteiger partial charge in [-0.05, 0) is 6.07 Å². The highest BCUT2D eigenvalue weighted by Gasteiger charge is 2.08. The number of hydrogen-bond donors (Lipinski definition) is 0. The van der Waals surface area contributed by atoms with Crippen LogP contribution >= 0.6 is 0 Å². The van der Waals surface area contributed by atoms with Gasteiger partial charge in [-0.25, -0.2) is 4.39 Å². The minimum Gasteiger partial charge on any atom is -0.488 e. The summed E-state index contributed by atoms with van der Waals surface area (Å²) in [4.78, 5) is 9.85. The van der Waals surface area contributed by atoms with Crippen molar-refractivity contribution >= 4 is 5.69 Å². The minimum atomic E-state index is -1.54. The van der Waals surface area contributed by atoms with Gasteiger partial charge in [-0.1, -0.05) is 6.07 Å². The summed E-state index contributed by atoms with van der Waals surface area (Å²) in [5.41, 5.74) is -0.0969. The van der Waals surface area contributed by atoms with E-state index in [9.17, 15) is 14.5 Å². The van der Waals surface area contributed by atoms with Gasteiger partial charge >= 0.3 is 0 Å². The van der Waals surface area contributed by atoms with Crippen LogP contribution in [0.2, 0.25) is 0 Å². The zero-order valence-electron chi connectivity index (χ0n) is 8.05. The lowest BCUT2D eigenvalue weighted by molar-refractivity contribution is -0.384. The molecule has 0 aliphatic rings. The number of benzene rings is 1. The normalized spacial score (nSPS) is 12.1. The highest BCUT2D eigenvalue weighted by atomic mass is 19.1. The zero-order chi connectivity index (χ0) is 11.3. The maximum atomic E-state index is 12.6. The van der Waals surface area contributed by atoms with Crippen molar-refractivity contribution in [1.82, 2.24) is 0 Å². The molecule has 5 nitrogen and oxygen atoms in total. The molecule has 1 aromatic rings. The van der Waals surface area contributed by atoms with E-state index in [1.807, 2.05) is 0 Å². The number of hydrogen-bond acceptors (Lipinski definition) is 4. The topological polar surface area (TPSA) is 61.6 Å². The van der Waals surface area contributed by atoms with Gasteiger partial charge in [0, 0.05) is 13.2 Å². The van der Waals surface area contributed by atoms with Crippen LogP contribution in [-0.2, 0) is 4.74 Å². The van der Waals surface area contributed by atoms with E-state index >= 15 is 0 Å². The van der Waals surface area contributed by atoms with Gasteiger partial charge in [-0.2, -0.15) is 0 Å². The Bertz CT molecular complexity index is 345. The van der Waals surface area contributed by atoms with Gasteiger partial charge in [0.05, 0.1) is 11.0 Å². The Labute approximate surface area is 85.6 Å². The molecule has 0 aliphatic heterocycles. The molecule has 82 valence electrons. The van der Waals surface area contributed by atoms with Gasteiger partial charge in [0.2, 0.25) is 6.36 Å². The number of alkyl halides is 1. The second-order valence-corrected chi connectivity index (χ2v) is 2.71. The minimum absolute atomic E-state index is 0.0969. The Morgan fingerprint density at radius 1 is 1.60 bits per heavy atom. The third kappa shape index (κ3) is 3.51. The average Bonchev–Trinajstić information content (AvgIpc) is 2.26. The molecule has 0 aromatic heterocycles. The van der Waals surface area contributed by atoms with E-state index in [-0.39, 0.29) is 18.0 Å². The molecule has 15 heavy (non-hydrogen) atoms. The Kier molecular flexibility index (Phi) is 3.99. The first-order valence-electron chi connectivity index (χ1n) is 4.17. The largest absolute Gasteiger partial charge is 0.488 e. The van der Waals surface area contributed by atoms with E-state index in [4.69, 9.17) is 4.74 Å². The quantitative estimate of drug-likeness (QED) is 0.556. The molecule has 0 spiro atoms. The molecule has 0 radical (unpaired) electrons. The maximum Gasteiger partial charge on any atom is 0.273 e. The van der Waals surface area contributed by atoms with Crippen LogP contribution < -0.4 is 4.74 Å². The van der Waals surface area contributed by atoms with Crippen LogP contribution in [0.5, 0.6) is 5.75 Å². The summed E-state index contributed by atoms with van der Waals surface area (Å²) in [6.45, 7) is -0.294. The van der Waals surface area contributed by atoms with Crippen LogP contribution in [0.3, 0.4) is 0 Å². The zero-order valence-corrected chi connectivity index (χ0v) is 8.05. The number of rotatable bonds is 5. The van der Waals surface area contributed by atoms with Crippen LogP contribution in [0.15, 0.2) is 24.3 Å². The van der Waals surface area contributed by atoms with Gasteiger partial charge in [-0.15, -0.1) is 0 Å². The molecular weight excluding hydrogens is 205 g/mol. The monoisotopic (exact) mass is 215 g/mol. The Morgan fingerprint density at radius 3 is 2.93 bits per heavy atom. The summed E-state index contributed by atoms with van der Waals surface area (Å²) < 4.78 is 21.9. The van der Waals surface area contributed by atoms with E-state index in [1.54, 1.807) is 0 Å². The smallest absolute Gasteiger partial charge is 0.273 e. The first-order chi connectivity index (χ1) is 7.13. The molecule has 1 aromatic carbocycles. The summed E-state index contributed by atoms with van der Waals surface area (Å²) in [7, 11) is 1.21. The predicted octanol–water partition coefficient (Wildman–Crippen LogP) is 1.92. The van der Waals surface area contributed by atoms with Crippen molar-refractivity contribution in [1.29, 1.82) is 0 Å². The van der Waals surface area contributed by atoms with Crippen molar-refractivity contribution in [2.24, 2.45) is 0 Å². The van der Waals surface area contributed by atoms with E-state index < -0.39 is 11.3 Å². The lowest BCUT2D eigenvalue weighted by atomic mass is 10.3. The maximum absolute atomic E-state index is 12.6. The fourth-order valence-corrected chi connectivity index (χ4v) is 0.917. The molecule has 1 rings (SSSR count). The fourth-order valence-electron chi connectivity index (χ4n) is 0.917. The molecule has 0 fully saturated rings. The van der Waals surface area contributed by atoms with Gasteiger partial charge in [-0.3, -0.25) is 10.1 Å². The summed E-state index contributed by atoms with van der Waals surface area (Å²) in [6.07, 6.45) is -1.54. The van der Waals surface area contributed by atoms with Crippen LogP contribution in [0.4, 0.5) is 10.1 Å². The number of methoxy groups -OCH3 is 1. The molecule has 0 saturated carbocycles. The average molecular weight is 215 g/mol. The SMILES string of the molecule is COC(F)COc1cccc([N+](=O)[O-])c1. The number of nitro groups is 1. The molecule has 6 heteroatoms. The van der Waals surface area contributed by atoms with Gasteiger partial charge in [0.25, 0.3) is 5.69 Å². The second-order valence-electron chi connectivity index (χ2n) is 2.71. The second kappa shape index (κ2) is 5.26.